The molecule has 7 heteroatoms. The van der Waals surface area contributed by atoms with Gasteiger partial charge in [-0.2, -0.15) is 0 Å². The first-order valence-electron chi connectivity index (χ1n) is 6.21. The zero-order valence-corrected chi connectivity index (χ0v) is 13.7. The highest BCUT2D eigenvalue weighted by atomic mass is 79.9. The third kappa shape index (κ3) is 2.87. The van der Waals surface area contributed by atoms with Crippen molar-refractivity contribution in [1.82, 2.24) is 19.5 Å². The number of aromatic nitrogens is 4. The molecule has 0 saturated carbocycles. The molecule has 0 N–H and O–H groups in total. The quantitative estimate of drug-likeness (QED) is 0.643. The smallest absolute Gasteiger partial charge is 0.160 e. The Hall–Kier alpha value is -0.980. The molecule has 4 nitrogen and oxygen atoms in total. The van der Waals surface area contributed by atoms with E-state index in [0.29, 0.717) is 5.88 Å². The fourth-order valence-electron chi connectivity index (χ4n) is 2.13. The Morgan fingerprint density at radius 2 is 2.20 bits per heavy atom. The third-order valence-electron chi connectivity index (χ3n) is 3.02. The molecular weight excluding hydrogens is 360 g/mol. The summed E-state index contributed by atoms with van der Waals surface area (Å²) in [6, 6.07) is 1.99. The molecule has 0 aliphatic heterocycles. The second-order valence-corrected chi connectivity index (χ2v) is 6.36. The van der Waals surface area contributed by atoms with E-state index >= 15 is 0 Å². The number of imidazole rings is 1. The molecule has 3 aromatic rings. The lowest BCUT2D eigenvalue weighted by atomic mass is 10.3. The molecule has 20 heavy (non-hydrogen) atoms. The average molecular weight is 372 g/mol. The van der Waals surface area contributed by atoms with Gasteiger partial charge in [0, 0.05) is 41.3 Å². The standard InChI is InChI=1S/C13H12BrClN4S/c14-9-5-11-13(16-6-9)19(12(18-11)1-3-15)4-2-10-7-20-8-17-10/h5-8H,1-4H2. The molecule has 104 valence electrons. The van der Waals surface area contributed by atoms with E-state index in [1.807, 2.05) is 11.6 Å². The minimum atomic E-state index is 0.557. The average Bonchev–Trinajstić information content (AvgIpc) is 3.04. The molecule has 3 heterocycles. The molecule has 0 aromatic carbocycles. The molecule has 0 bridgehead atoms. The first kappa shape index (κ1) is 14.0. The second kappa shape index (κ2) is 6.20. The van der Waals surface area contributed by atoms with Crippen molar-refractivity contribution in [2.24, 2.45) is 0 Å². The van der Waals surface area contributed by atoms with Crippen molar-refractivity contribution in [2.45, 2.75) is 19.4 Å². The summed E-state index contributed by atoms with van der Waals surface area (Å²) >= 11 is 10.9. The lowest BCUT2D eigenvalue weighted by Crippen LogP contribution is -2.07. The number of fused-ring (bicyclic) bond motifs is 1. The lowest BCUT2D eigenvalue weighted by molar-refractivity contribution is 0.663. The number of halogens is 2. The molecular formula is C13H12BrClN4S. The van der Waals surface area contributed by atoms with Crippen LogP contribution >= 0.6 is 38.9 Å². The first-order chi connectivity index (χ1) is 9.78. The number of thiazole rings is 1. The van der Waals surface area contributed by atoms with Gasteiger partial charge in [-0.1, -0.05) is 0 Å². The summed E-state index contributed by atoms with van der Waals surface area (Å²) in [6.45, 7) is 0.821. The van der Waals surface area contributed by atoms with Gasteiger partial charge >= 0.3 is 0 Å². The van der Waals surface area contributed by atoms with E-state index in [2.05, 4.69) is 40.8 Å². The van der Waals surface area contributed by atoms with Crippen LogP contribution < -0.4 is 0 Å². The predicted octanol–water partition coefficient (Wildman–Crippen LogP) is 3.67. The summed E-state index contributed by atoms with van der Waals surface area (Å²) < 4.78 is 3.08. The van der Waals surface area contributed by atoms with Crippen LogP contribution in [0, 0.1) is 0 Å². The van der Waals surface area contributed by atoms with Gasteiger partial charge in [0.2, 0.25) is 0 Å². The van der Waals surface area contributed by atoms with Gasteiger partial charge in [-0.3, -0.25) is 0 Å². The number of rotatable bonds is 5. The number of hydrogen-bond acceptors (Lipinski definition) is 4. The van der Waals surface area contributed by atoms with Crippen LogP contribution in [0.5, 0.6) is 0 Å². The maximum Gasteiger partial charge on any atom is 0.160 e. The molecule has 0 saturated heterocycles. The van der Waals surface area contributed by atoms with Crippen molar-refractivity contribution in [3.05, 3.63) is 39.1 Å². The highest BCUT2D eigenvalue weighted by Gasteiger charge is 2.12. The van der Waals surface area contributed by atoms with Crippen LogP contribution in [0.3, 0.4) is 0 Å². The van der Waals surface area contributed by atoms with E-state index in [1.54, 1.807) is 17.5 Å². The number of alkyl halides is 1. The summed E-state index contributed by atoms with van der Waals surface area (Å²) in [6.07, 6.45) is 3.42. The van der Waals surface area contributed by atoms with Crippen molar-refractivity contribution in [3.8, 4) is 0 Å². The summed E-state index contributed by atoms with van der Waals surface area (Å²) in [5.74, 6) is 1.54. The van der Waals surface area contributed by atoms with Crippen LogP contribution in [-0.2, 0) is 19.4 Å². The van der Waals surface area contributed by atoms with Gasteiger partial charge in [-0.25, -0.2) is 15.0 Å². The Morgan fingerprint density at radius 3 is 2.95 bits per heavy atom. The zero-order chi connectivity index (χ0) is 13.9. The van der Waals surface area contributed by atoms with E-state index in [4.69, 9.17) is 11.6 Å². The van der Waals surface area contributed by atoms with E-state index in [1.165, 1.54) is 0 Å². The summed E-state index contributed by atoms with van der Waals surface area (Å²) in [5.41, 5.74) is 4.77. The fraction of sp³-hybridized carbons (Fsp3) is 0.308. The minimum absolute atomic E-state index is 0.557. The van der Waals surface area contributed by atoms with E-state index in [0.717, 1.165) is 46.5 Å². The molecule has 3 rings (SSSR count). The topological polar surface area (TPSA) is 43.6 Å². The second-order valence-electron chi connectivity index (χ2n) is 4.34. The Kier molecular flexibility index (Phi) is 4.33. The highest BCUT2D eigenvalue weighted by molar-refractivity contribution is 9.10. The molecule has 3 aromatic heterocycles. The van der Waals surface area contributed by atoms with Crippen molar-refractivity contribution in [1.29, 1.82) is 0 Å². The SMILES string of the molecule is ClCCc1nc2cc(Br)cnc2n1CCc1cscn1. The Balaban J connectivity index is 1.95. The van der Waals surface area contributed by atoms with Gasteiger partial charge in [0.1, 0.15) is 11.3 Å². The Bertz CT molecular complexity index is 711. The van der Waals surface area contributed by atoms with Crippen molar-refractivity contribution in [3.63, 3.8) is 0 Å². The van der Waals surface area contributed by atoms with Gasteiger partial charge in [-0.05, 0) is 22.0 Å². The van der Waals surface area contributed by atoms with E-state index < -0.39 is 0 Å². The molecule has 0 unspecified atom stereocenters. The van der Waals surface area contributed by atoms with Crippen molar-refractivity contribution in [2.75, 3.05) is 5.88 Å². The van der Waals surface area contributed by atoms with Gasteiger partial charge in [0.25, 0.3) is 0 Å². The monoisotopic (exact) mass is 370 g/mol. The first-order valence-corrected chi connectivity index (χ1v) is 8.48. The molecule has 0 amide bonds. The van der Waals surface area contributed by atoms with Gasteiger partial charge < -0.3 is 4.57 Å². The molecule has 0 aliphatic carbocycles. The van der Waals surface area contributed by atoms with Crippen molar-refractivity contribution >= 4 is 50.0 Å². The van der Waals surface area contributed by atoms with E-state index in [-0.39, 0.29) is 0 Å². The Labute approximate surface area is 134 Å². The normalized spacial score (nSPS) is 11.3. The van der Waals surface area contributed by atoms with Crippen molar-refractivity contribution < 1.29 is 0 Å². The van der Waals surface area contributed by atoms with Gasteiger partial charge in [0.15, 0.2) is 5.65 Å². The Morgan fingerprint density at radius 1 is 1.30 bits per heavy atom. The lowest BCUT2D eigenvalue weighted by Gasteiger charge is -2.06. The van der Waals surface area contributed by atoms with Gasteiger partial charge in [-0.15, -0.1) is 22.9 Å². The number of hydrogen-bond donors (Lipinski definition) is 0. The molecule has 0 atom stereocenters. The molecule has 0 spiro atoms. The summed E-state index contributed by atoms with van der Waals surface area (Å²) in [4.78, 5) is 13.4. The van der Waals surface area contributed by atoms with Crippen LogP contribution in [0.2, 0.25) is 0 Å². The van der Waals surface area contributed by atoms with Crippen LogP contribution in [0.4, 0.5) is 0 Å². The maximum atomic E-state index is 5.87. The maximum absolute atomic E-state index is 5.87. The van der Waals surface area contributed by atoms with Crippen LogP contribution in [-0.4, -0.2) is 25.4 Å². The number of nitrogens with zero attached hydrogens (tertiary/aromatic N) is 4. The fourth-order valence-corrected chi connectivity index (χ4v) is 3.21. The molecule has 0 aliphatic rings. The molecule has 0 fully saturated rings. The summed E-state index contributed by atoms with van der Waals surface area (Å²) in [7, 11) is 0. The highest BCUT2D eigenvalue weighted by Crippen LogP contribution is 2.19. The molecule has 0 radical (unpaired) electrons. The van der Waals surface area contributed by atoms with Crippen LogP contribution in [0.1, 0.15) is 11.5 Å². The zero-order valence-electron chi connectivity index (χ0n) is 10.6. The summed E-state index contributed by atoms with van der Waals surface area (Å²) in [5, 5.41) is 2.07. The number of pyridine rings is 1. The number of aryl methyl sites for hydroxylation is 3. The van der Waals surface area contributed by atoms with Gasteiger partial charge in [0.05, 0.1) is 11.2 Å². The van der Waals surface area contributed by atoms with E-state index in [9.17, 15) is 0 Å². The third-order valence-corrected chi connectivity index (χ3v) is 4.28. The largest absolute Gasteiger partial charge is 0.312 e. The van der Waals surface area contributed by atoms with Crippen LogP contribution in [0.15, 0.2) is 27.6 Å². The van der Waals surface area contributed by atoms with Crippen LogP contribution in [0.25, 0.3) is 11.2 Å². The minimum Gasteiger partial charge on any atom is -0.312 e. The predicted molar refractivity (Wildman–Crippen MR) is 85.5 cm³/mol.